The van der Waals surface area contributed by atoms with E-state index in [1.54, 1.807) is 0 Å². The van der Waals surface area contributed by atoms with Crippen molar-refractivity contribution in [3.63, 3.8) is 0 Å². The molecule has 0 aliphatic carbocycles. The Morgan fingerprint density at radius 2 is 1.50 bits per heavy atom. The summed E-state index contributed by atoms with van der Waals surface area (Å²) in [7, 11) is -0.875. The van der Waals surface area contributed by atoms with Gasteiger partial charge in [-0.1, -0.05) is 71.9 Å². The average Bonchev–Trinajstić information content (AvgIpc) is 2.65. The van der Waals surface area contributed by atoms with Crippen molar-refractivity contribution in [3.8, 4) is 0 Å². The summed E-state index contributed by atoms with van der Waals surface area (Å²) >= 11 is 0. The highest BCUT2D eigenvalue weighted by atomic mass is 28.4. The first-order valence-electron chi connectivity index (χ1n) is 9.84. The van der Waals surface area contributed by atoms with E-state index in [9.17, 15) is 9.59 Å². The predicted octanol–water partition coefficient (Wildman–Crippen LogP) is 4.65. The van der Waals surface area contributed by atoms with Crippen molar-refractivity contribution in [2.24, 2.45) is 0 Å². The van der Waals surface area contributed by atoms with E-state index < -0.39 is 26.4 Å². The summed E-state index contributed by atoms with van der Waals surface area (Å²) in [6.07, 6.45) is -0.672. The van der Waals surface area contributed by atoms with Crippen LogP contribution in [0.15, 0.2) is 30.3 Å². The number of alkyl carbamates (subject to hydrolysis) is 1. The molecule has 1 aromatic carbocycles. The van der Waals surface area contributed by atoms with Gasteiger partial charge in [0, 0.05) is 0 Å². The van der Waals surface area contributed by atoms with Crippen molar-refractivity contribution < 1.29 is 23.5 Å². The zero-order valence-electron chi connectivity index (χ0n) is 18.2. The summed E-state index contributed by atoms with van der Waals surface area (Å²) in [6, 6.07) is 8.45. The third kappa shape index (κ3) is 6.34. The Bertz CT molecular complexity index is 597. The van der Waals surface area contributed by atoms with Gasteiger partial charge in [0.15, 0.2) is 14.4 Å². The van der Waals surface area contributed by atoms with Crippen molar-refractivity contribution in [1.82, 2.24) is 5.32 Å². The van der Waals surface area contributed by atoms with E-state index in [-0.39, 0.29) is 13.2 Å². The van der Waals surface area contributed by atoms with Crippen LogP contribution in [0.5, 0.6) is 0 Å². The largest absolute Gasteiger partial charge is 0.467 e. The fourth-order valence-corrected chi connectivity index (χ4v) is 9.40. The van der Waals surface area contributed by atoms with Gasteiger partial charge in [0.2, 0.25) is 0 Å². The molecule has 28 heavy (non-hydrogen) atoms. The Hall–Kier alpha value is -1.86. The van der Waals surface area contributed by atoms with Crippen LogP contribution in [0.25, 0.3) is 0 Å². The van der Waals surface area contributed by atoms with Crippen LogP contribution in [0.1, 0.15) is 47.1 Å². The molecule has 0 saturated heterocycles. The first-order valence-corrected chi connectivity index (χ1v) is 12.0. The minimum Gasteiger partial charge on any atom is -0.467 e. The van der Waals surface area contributed by atoms with Crippen molar-refractivity contribution in [3.05, 3.63) is 35.9 Å². The highest BCUT2D eigenvalue weighted by Crippen LogP contribution is 2.42. The maximum atomic E-state index is 12.2. The van der Waals surface area contributed by atoms with Crippen LogP contribution < -0.4 is 5.32 Å². The van der Waals surface area contributed by atoms with E-state index in [4.69, 9.17) is 13.9 Å². The first kappa shape index (κ1) is 24.2. The molecular formula is C21H35NO5Si. The molecule has 0 unspecified atom stereocenters. The SMILES string of the molecule is COC(=O)[C@H](CO[Si](C(C)C)(C(C)C)C(C)C)NC(=O)OCc1ccccc1. The van der Waals surface area contributed by atoms with Gasteiger partial charge in [-0.15, -0.1) is 0 Å². The number of hydrogen-bond acceptors (Lipinski definition) is 5. The smallest absolute Gasteiger partial charge is 0.408 e. The summed E-state index contributed by atoms with van der Waals surface area (Å²) in [5, 5.41) is 2.59. The minimum atomic E-state index is -2.17. The Kier molecular flexibility index (Phi) is 9.68. The number of rotatable bonds is 10. The fraction of sp³-hybridized carbons (Fsp3) is 0.619. The number of esters is 1. The van der Waals surface area contributed by atoms with Gasteiger partial charge in [-0.25, -0.2) is 9.59 Å². The van der Waals surface area contributed by atoms with Gasteiger partial charge >= 0.3 is 12.1 Å². The molecule has 1 amide bonds. The molecule has 7 heteroatoms. The highest BCUT2D eigenvalue weighted by Gasteiger charge is 2.45. The van der Waals surface area contributed by atoms with E-state index in [1.807, 2.05) is 30.3 Å². The van der Waals surface area contributed by atoms with E-state index in [0.29, 0.717) is 16.6 Å². The van der Waals surface area contributed by atoms with Crippen LogP contribution in [0.2, 0.25) is 16.6 Å². The van der Waals surface area contributed by atoms with Crippen molar-refractivity contribution in [2.45, 2.75) is 70.8 Å². The summed E-state index contributed by atoms with van der Waals surface area (Å²) in [4.78, 5) is 24.4. The summed E-state index contributed by atoms with van der Waals surface area (Å²) in [5.74, 6) is -0.546. The number of methoxy groups -OCH3 is 1. The number of carbonyl (C=O) groups excluding carboxylic acids is 2. The average molecular weight is 410 g/mol. The first-order chi connectivity index (χ1) is 13.1. The molecule has 0 radical (unpaired) electrons. The van der Waals surface area contributed by atoms with Gasteiger partial charge in [0.05, 0.1) is 13.7 Å². The number of nitrogens with one attached hydrogen (secondary N) is 1. The molecule has 0 fully saturated rings. The van der Waals surface area contributed by atoms with Gasteiger partial charge in [-0.3, -0.25) is 0 Å². The van der Waals surface area contributed by atoms with Crippen LogP contribution in [0.3, 0.4) is 0 Å². The fourth-order valence-electron chi connectivity index (χ4n) is 3.95. The van der Waals surface area contributed by atoms with Crippen LogP contribution >= 0.6 is 0 Å². The quantitative estimate of drug-likeness (QED) is 0.450. The van der Waals surface area contributed by atoms with Crippen molar-refractivity contribution in [2.75, 3.05) is 13.7 Å². The summed E-state index contributed by atoms with van der Waals surface area (Å²) in [5.41, 5.74) is 1.98. The molecular weight excluding hydrogens is 374 g/mol. The number of carbonyl (C=O) groups is 2. The minimum absolute atomic E-state index is 0.0773. The normalized spacial score (nSPS) is 12.9. The molecule has 6 nitrogen and oxygen atoms in total. The monoisotopic (exact) mass is 409 g/mol. The molecule has 0 aliphatic heterocycles. The molecule has 0 bridgehead atoms. The van der Waals surface area contributed by atoms with Gasteiger partial charge < -0.3 is 19.2 Å². The maximum Gasteiger partial charge on any atom is 0.408 e. The Balaban J connectivity index is 2.79. The zero-order valence-corrected chi connectivity index (χ0v) is 19.2. The number of amides is 1. The van der Waals surface area contributed by atoms with E-state index >= 15 is 0 Å². The molecule has 1 aromatic rings. The second-order valence-corrected chi connectivity index (χ2v) is 13.4. The van der Waals surface area contributed by atoms with Crippen LogP contribution in [-0.2, 0) is 25.3 Å². The Labute approximate surface area is 170 Å². The molecule has 0 heterocycles. The Morgan fingerprint density at radius 3 is 1.96 bits per heavy atom. The predicted molar refractivity (Wildman–Crippen MR) is 113 cm³/mol. The van der Waals surface area contributed by atoms with Gasteiger partial charge in [0.1, 0.15) is 6.61 Å². The lowest BCUT2D eigenvalue weighted by Crippen LogP contribution is -2.53. The third-order valence-corrected chi connectivity index (χ3v) is 11.3. The van der Waals surface area contributed by atoms with Gasteiger partial charge in [0.25, 0.3) is 0 Å². The van der Waals surface area contributed by atoms with Crippen molar-refractivity contribution in [1.29, 1.82) is 0 Å². The molecule has 0 spiro atoms. The topological polar surface area (TPSA) is 73.9 Å². The highest BCUT2D eigenvalue weighted by molar-refractivity contribution is 6.77. The molecule has 0 aromatic heterocycles. The Morgan fingerprint density at radius 1 is 0.964 bits per heavy atom. The lowest BCUT2D eigenvalue weighted by atomic mass is 10.2. The zero-order chi connectivity index (χ0) is 21.3. The summed E-state index contributed by atoms with van der Waals surface area (Å²) < 4.78 is 16.5. The van der Waals surface area contributed by atoms with Crippen LogP contribution in [-0.4, -0.2) is 40.1 Å². The second kappa shape index (κ2) is 11.2. The van der Waals surface area contributed by atoms with Gasteiger partial charge in [-0.05, 0) is 22.2 Å². The number of benzene rings is 1. The lowest BCUT2D eigenvalue weighted by molar-refractivity contribution is -0.143. The molecule has 1 atom stereocenters. The number of ether oxygens (including phenoxy) is 2. The van der Waals surface area contributed by atoms with Crippen LogP contribution in [0.4, 0.5) is 4.79 Å². The summed E-state index contributed by atoms with van der Waals surface area (Å²) in [6.45, 7) is 13.2. The third-order valence-electron chi connectivity index (χ3n) is 5.20. The van der Waals surface area contributed by atoms with E-state index in [1.165, 1.54) is 7.11 Å². The maximum absolute atomic E-state index is 12.2. The molecule has 0 aliphatic rings. The lowest BCUT2D eigenvalue weighted by Gasteiger charge is -2.42. The molecule has 158 valence electrons. The standard InChI is InChI=1S/C21H35NO5Si/c1-15(2)28(16(3)4,17(5)6)27-14-19(20(23)25-7)22-21(24)26-13-18-11-9-8-10-12-18/h8-12,15-17,19H,13-14H2,1-7H3,(H,22,24)/t19-/m0/s1. The van der Waals surface area contributed by atoms with E-state index in [2.05, 4.69) is 46.9 Å². The van der Waals surface area contributed by atoms with E-state index in [0.717, 1.165) is 5.56 Å². The number of hydrogen-bond donors (Lipinski definition) is 1. The second-order valence-electron chi connectivity index (χ2n) is 7.91. The molecule has 1 rings (SSSR count). The van der Waals surface area contributed by atoms with Crippen molar-refractivity contribution >= 4 is 20.4 Å². The molecule has 1 N–H and O–H groups in total. The van der Waals surface area contributed by atoms with Gasteiger partial charge in [-0.2, -0.15) is 0 Å². The molecule has 0 saturated carbocycles. The van der Waals surface area contributed by atoms with Crippen LogP contribution in [0, 0.1) is 0 Å².